The molecule has 0 bridgehead atoms. The number of carbonyl (C=O) groups is 2. The molecular formula is C23H31F2N3O4S. The highest BCUT2D eigenvalue weighted by Crippen LogP contribution is 2.30. The maximum atomic E-state index is 13.3. The van der Waals surface area contributed by atoms with Gasteiger partial charge in [-0.1, -0.05) is 6.92 Å². The fourth-order valence-corrected chi connectivity index (χ4v) is 4.01. The Morgan fingerprint density at radius 3 is 2.42 bits per heavy atom. The minimum atomic E-state index is -1.82. The molecule has 2 amide bonds. The Morgan fingerprint density at radius 2 is 1.82 bits per heavy atom. The van der Waals surface area contributed by atoms with Crippen molar-refractivity contribution in [1.82, 2.24) is 10.3 Å². The van der Waals surface area contributed by atoms with E-state index < -0.39 is 35.6 Å². The molecule has 0 spiro atoms. The topological polar surface area (TPSA) is 101 Å². The number of nitrogens with one attached hydrogen (secondary N) is 2. The molecule has 182 valence electrons. The van der Waals surface area contributed by atoms with Crippen LogP contribution in [0.5, 0.6) is 0 Å². The molecule has 33 heavy (non-hydrogen) atoms. The number of methoxy groups -OCH3 is 1. The van der Waals surface area contributed by atoms with Crippen molar-refractivity contribution in [2.75, 3.05) is 12.4 Å². The third-order valence-electron chi connectivity index (χ3n) is 5.41. The first kappa shape index (κ1) is 26.8. The first-order chi connectivity index (χ1) is 15.4. The van der Waals surface area contributed by atoms with Crippen molar-refractivity contribution in [2.24, 2.45) is 0 Å². The van der Waals surface area contributed by atoms with Crippen LogP contribution in [0.3, 0.4) is 0 Å². The molecule has 0 aliphatic carbocycles. The van der Waals surface area contributed by atoms with Crippen LogP contribution in [0, 0.1) is 11.6 Å². The number of aromatic nitrogens is 1. The SMILES string of the molecule is COC(C)(C)CCCC(C)c1cnc(NC(=O)[C@H](C)NC(=O)C(O)c2cc(F)cc(F)c2)s1. The van der Waals surface area contributed by atoms with Gasteiger partial charge < -0.3 is 20.5 Å². The number of nitrogens with zero attached hydrogens (tertiary/aromatic N) is 1. The predicted molar refractivity (Wildman–Crippen MR) is 123 cm³/mol. The summed E-state index contributed by atoms with van der Waals surface area (Å²) in [5, 5.41) is 15.4. The number of aliphatic hydroxyl groups is 1. The average molecular weight is 484 g/mol. The summed E-state index contributed by atoms with van der Waals surface area (Å²) in [7, 11) is 1.70. The van der Waals surface area contributed by atoms with Crippen LogP contribution < -0.4 is 10.6 Å². The second kappa shape index (κ2) is 11.6. The van der Waals surface area contributed by atoms with E-state index in [4.69, 9.17) is 4.74 Å². The third-order valence-corrected chi connectivity index (χ3v) is 6.55. The molecule has 1 heterocycles. The van der Waals surface area contributed by atoms with E-state index >= 15 is 0 Å². The number of rotatable bonds is 11. The quantitative estimate of drug-likeness (QED) is 0.443. The van der Waals surface area contributed by atoms with Gasteiger partial charge in [-0.25, -0.2) is 13.8 Å². The van der Waals surface area contributed by atoms with Crippen molar-refractivity contribution in [1.29, 1.82) is 0 Å². The molecule has 2 aromatic rings. The van der Waals surface area contributed by atoms with Gasteiger partial charge in [-0.2, -0.15) is 0 Å². The van der Waals surface area contributed by atoms with E-state index in [1.807, 2.05) is 13.8 Å². The van der Waals surface area contributed by atoms with E-state index in [0.717, 1.165) is 36.3 Å². The highest BCUT2D eigenvalue weighted by atomic mass is 32.1. The van der Waals surface area contributed by atoms with Gasteiger partial charge in [0.25, 0.3) is 5.91 Å². The number of benzene rings is 1. The number of thiazole rings is 1. The lowest BCUT2D eigenvalue weighted by Crippen LogP contribution is -2.43. The molecular weight excluding hydrogens is 452 g/mol. The van der Waals surface area contributed by atoms with Gasteiger partial charge in [0.2, 0.25) is 5.91 Å². The zero-order valence-electron chi connectivity index (χ0n) is 19.4. The first-order valence-electron chi connectivity index (χ1n) is 10.7. The minimum Gasteiger partial charge on any atom is -0.379 e. The molecule has 3 N–H and O–H groups in total. The van der Waals surface area contributed by atoms with Gasteiger partial charge >= 0.3 is 0 Å². The molecule has 0 aliphatic rings. The maximum absolute atomic E-state index is 13.3. The lowest BCUT2D eigenvalue weighted by Gasteiger charge is -2.23. The molecule has 0 radical (unpaired) electrons. The van der Waals surface area contributed by atoms with Crippen molar-refractivity contribution in [3.8, 4) is 0 Å². The molecule has 1 aromatic heterocycles. The van der Waals surface area contributed by atoms with Gasteiger partial charge in [0.1, 0.15) is 17.7 Å². The van der Waals surface area contributed by atoms with E-state index in [2.05, 4.69) is 22.5 Å². The normalized spacial score (nSPS) is 14.4. The second-order valence-corrected chi connectivity index (χ2v) is 9.71. The number of hydrogen-bond donors (Lipinski definition) is 3. The van der Waals surface area contributed by atoms with E-state index in [-0.39, 0.29) is 17.1 Å². The lowest BCUT2D eigenvalue weighted by atomic mass is 9.96. The van der Waals surface area contributed by atoms with E-state index in [0.29, 0.717) is 11.2 Å². The molecule has 2 rings (SSSR count). The minimum absolute atomic E-state index is 0.163. The van der Waals surface area contributed by atoms with Crippen molar-refractivity contribution in [3.63, 3.8) is 0 Å². The van der Waals surface area contributed by atoms with Gasteiger partial charge in [-0.3, -0.25) is 9.59 Å². The number of hydrogen-bond acceptors (Lipinski definition) is 6. The van der Waals surface area contributed by atoms with Crippen LogP contribution in [0.25, 0.3) is 0 Å². The summed E-state index contributed by atoms with van der Waals surface area (Å²) >= 11 is 1.36. The predicted octanol–water partition coefficient (Wildman–Crippen LogP) is 4.30. The number of amides is 2. The Hall–Kier alpha value is -2.43. The Morgan fingerprint density at radius 1 is 1.18 bits per heavy atom. The summed E-state index contributed by atoms with van der Waals surface area (Å²) < 4.78 is 32.1. The molecule has 10 heteroatoms. The van der Waals surface area contributed by atoms with Gasteiger partial charge in [-0.05, 0) is 63.6 Å². The van der Waals surface area contributed by atoms with Crippen molar-refractivity contribution >= 4 is 28.3 Å². The molecule has 2 unspecified atom stereocenters. The van der Waals surface area contributed by atoms with Crippen LogP contribution in [0.2, 0.25) is 0 Å². The molecule has 1 aromatic carbocycles. The summed E-state index contributed by atoms with van der Waals surface area (Å²) in [4.78, 5) is 29.9. The fourth-order valence-electron chi connectivity index (χ4n) is 3.11. The second-order valence-electron chi connectivity index (χ2n) is 8.65. The maximum Gasteiger partial charge on any atom is 0.254 e. The van der Waals surface area contributed by atoms with Crippen molar-refractivity contribution in [3.05, 3.63) is 46.5 Å². The standard InChI is InChI=1S/C23H31F2N3O4S/c1-13(7-6-8-23(3,4)32-5)18-12-26-22(33-18)28-20(30)14(2)27-21(31)19(29)15-9-16(24)11-17(25)10-15/h9-14,19,29H,6-8H2,1-5H3,(H,27,31)(H,26,28,30)/t13?,14-,19?/m0/s1. The van der Waals surface area contributed by atoms with Gasteiger partial charge in [0.15, 0.2) is 11.2 Å². The number of carbonyl (C=O) groups excluding carboxylic acids is 2. The first-order valence-corrected chi connectivity index (χ1v) is 11.5. The van der Waals surface area contributed by atoms with E-state index in [1.165, 1.54) is 18.3 Å². The molecule has 0 fully saturated rings. The summed E-state index contributed by atoms with van der Waals surface area (Å²) in [6.45, 7) is 7.62. The third kappa shape index (κ3) is 8.13. The summed E-state index contributed by atoms with van der Waals surface area (Å²) in [5.41, 5.74) is -0.408. The van der Waals surface area contributed by atoms with E-state index in [1.54, 1.807) is 13.3 Å². The average Bonchev–Trinajstić information content (AvgIpc) is 3.20. The van der Waals surface area contributed by atoms with Crippen molar-refractivity contribution in [2.45, 2.75) is 70.6 Å². The van der Waals surface area contributed by atoms with Crippen LogP contribution in [0.1, 0.15) is 69.4 Å². The van der Waals surface area contributed by atoms with E-state index in [9.17, 15) is 23.5 Å². The Balaban J connectivity index is 1.88. The van der Waals surface area contributed by atoms with Gasteiger partial charge in [0.05, 0.1) is 5.60 Å². The zero-order chi connectivity index (χ0) is 24.8. The number of anilines is 1. The van der Waals surface area contributed by atoms with Gasteiger partial charge in [0, 0.05) is 24.3 Å². The van der Waals surface area contributed by atoms with Crippen molar-refractivity contribution < 1.29 is 28.2 Å². The summed E-state index contributed by atoms with van der Waals surface area (Å²) in [6, 6.07) is 1.33. The van der Waals surface area contributed by atoms with Crippen LogP contribution in [0.15, 0.2) is 24.4 Å². The number of halogens is 2. The van der Waals surface area contributed by atoms with Gasteiger partial charge in [-0.15, -0.1) is 11.3 Å². The highest BCUT2D eigenvalue weighted by molar-refractivity contribution is 7.15. The monoisotopic (exact) mass is 483 g/mol. The molecule has 0 aliphatic heterocycles. The molecule has 7 nitrogen and oxygen atoms in total. The van der Waals surface area contributed by atoms with Crippen LogP contribution in [0.4, 0.5) is 13.9 Å². The van der Waals surface area contributed by atoms with Crippen LogP contribution in [-0.4, -0.2) is 40.7 Å². The Labute approximate surface area is 196 Å². The largest absolute Gasteiger partial charge is 0.379 e. The highest BCUT2D eigenvalue weighted by Gasteiger charge is 2.24. The molecule has 0 saturated heterocycles. The Kier molecular flexibility index (Phi) is 9.45. The number of ether oxygens (including phenoxy) is 1. The fraction of sp³-hybridized carbons (Fsp3) is 0.522. The molecule has 0 saturated carbocycles. The summed E-state index contributed by atoms with van der Waals surface area (Å²) in [6.07, 6.45) is 2.77. The lowest BCUT2D eigenvalue weighted by molar-refractivity contribution is -0.132. The zero-order valence-corrected chi connectivity index (χ0v) is 20.3. The smallest absolute Gasteiger partial charge is 0.254 e. The Bertz CT molecular complexity index is 947. The number of aliphatic hydroxyl groups excluding tert-OH is 1. The van der Waals surface area contributed by atoms with Crippen LogP contribution in [-0.2, 0) is 14.3 Å². The molecule has 3 atom stereocenters. The summed E-state index contributed by atoms with van der Waals surface area (Å²) in [5.74, 6) is -3.05. The van der Waals surface area contributed by atoms with Crippen LogP contribution >= 0.6 is 11.3 Å².